The molecule has 176 valence electrons. The zero-order valence-electron chi connectivity index (χ0n) is 19.0. The summed E-state index contributed by atoms with van der Waals surface area (Å²) in [5, 5.41) is 2.89. The van der Waals surface area contributed by atoms with E-state index in [1.165, 1.54) is 17.0 Å². The molecule has 0 spiro atoms. The summed E-state index contributed by atoms with van der Waals surface area (Å²) in [6.07, 6.45) is 0.521. The van der Waals surface area contributed by atoms with Crippen molar-refractivity contribution < 1.29 is 22.8 Å². The molecule has 1 heterocycles. The molecule has 1 aliphatic heterocycles. The number of hydrogen-bond acceptors (Lipinski definition) is 5. The monoisotopic (exact) mass is 471 g/mol. The molecule has 2 aromatic carbocycles. The number of rotatable bonds is 9. The van der Waals surface area contributed by atoms with Crippen molar-refractivity contribution in [3.8, 4) is 0 Å². The molecule has 3 rings (SSSR count). The van der Waals surface area contributed by atoms with Crippen LogP contribution in [0.5, 0.6) is 0 Å². The first kappa shape index (κ1) is 24.4. The van der Waals surface area contributed by atoms with Gasteiger partial charge in [0.05, 0.1) is 5.56 Å². The van der Waals surface area contributed by atoms with Gasteiger partial charge in [-0.1, -0.05) is 49.4 Å². The van der Waals surface area contributed by atoms with Crippen LogP contribution in [-0.4, -0.2) is 54.0 Å². The van der Waals surface area contributed by atoms with Crippen LogP contribution in [0, 0.1) is 0 Å². The second kappa shape index (κ2) is 10.2. The number of fused-ring (bicyclic) bond motifs is 1. The van der Waals surface area contributed by atoms with E-state index in [-0.39, 0.29) is 41.9 Å². The molecule has 0 saturated carbocycles. The first-order chi connectivity index (χ1) is 15.7. The molecule has 2 aromatic rings. The van der Waals surface area contributed by atoms with Gasteiger partial charge in [0.1, 0.15) is 10.9 Å². The van der Waals surface area contributed by atoms with Gasteiger partial charge < -0.3 is 10.2 Å². The van der Waals surface area contributed by atoms with Crippen LogP contribution >= 0.6 is 0 Å². The first-order valence-electron chi connectivity index (χ1n) is 11.0. The fourth-order valence-corrected chi connectivity index (χ4v) is 5.19. The Morgan fingerprint density at radius 1 is 1.03 bits per heavy atom. The number of hydrogen-bond donors (Lipinski definition) is 1. The number of carbonyl (C=O) groups excluding carboxylic acids is 3. The van der Waals surface area contributed by atoms with Gasteiger partial charge in [0.15, 0.2) is 0 Å². The molecule has 0 aliphatic carbocycles. The maximum Gasteiger partial charge on any atom is 0.269 e. The topological polar surface area (TPSA) is 104 Å². The van der Waals surface area contributed by atoms with E-state index in [0.717, 1.165) is 16.3 Å². The van der Waals surface area contributed by atoms with Gasteiger partial charge in [0.25, 0.3) is 15.9 Å². The highest BCUT2D eigenvalue weighted by Crippen LogP contribution is 2.30. The molecule has 0 saturated heterocycles. The lowest BCUT2D eigenvalue weighted by Crippen LogP contribution is -2.50. The van der Waals surface area contributed by atoms with Gasteiger partial charge in [-0.15, -0.1) is 0 Å². The van der Waals surface area contributed by atoms with Crippen molar-refractivity contribution in [3.05, 3.63) is 65.7 Å². The Balaban J connectivity index is 1.77. The molecule has 9 heteroatoms. The van der Waals surface area contributed by atoms with Crippen molar-refractivity contribution in [2.24, 2.45) is 0 Å². The van der Waals surface area contributed by atoms with E-state index in [1.54, 1.807) is 19.1 Å². The van der Waals surface area contributed by atoms with Crippen molar-refractivity contribution in [2.75, 3.05) is 6.54 Å². The maximum atomic E-state index is 13.2. The van der Waals surface area contributed by atoms with Crippen LogP contribution in [0.3, 0.4) is 0 Å². The van der Waals surface area contributed by atoms with E-state index < -0.39 is 27.9 Å². The van der Waals surface area contributed by atoms with Crippen molar-refractivity contribution >= 4 is 27.7 Å². The second-order valence-electron chi connectivity index (χ2n) is 8.13. The van der Waals surface area contributed by atoms with E-state index in [9.17, 15) is 22.8 Å². The number of nitrogens with one attached hydrogen (secondary N) is 1. The molecule has 33 heavy (non-hydrogen) atoms. The highest BCUT2D eigenvalue weighted by molar-refractivity contribution is 7.90. The lowest BCUT2D eigenvalue weighted by atomic mass is 10.1. The average molecular weight is 472 g/mol. The lowest BCUT2D eigenvalue weighted by Gasteiger charge is -2.30. The third-order valence-corrected chi connectivity index (χ3v) is 7.65. The minimum atomic E-state index is -4.00. The highest BCUT2D eigenvalue weighted by Gasteiger charge is 2.41. The quantitative estimate of drug-likeness (QED) is 0.605. The number of carbonyl (C=O) groups is 3. The van der Waals surface area contributed by atoms with E-state index in [0.29, 0.717) is 0 Å². The normalized spacial score (nSPS) is 16.1. The van der Waals surface area contributed by atoms with Crippen LogP contribution < -0.4 is 5.32 Å². The number of sulfonamides is 1. The molecule has 8 nitrogen and oxygen atoms in total. The third-order valence-electron chi connectivity index (χ3n) is 5.80. The van der Waals surface area contributed by atoms with E-state index in [4.69, 9.17) is 0 Å². The Hall–Kier alpha value is -3.20. The molecular weight excluding hydrogens is 442 g/mol. The number of nitrogens with zero attached hydrogens (tertiary/aromatic N) is 2. The fourth-order valence-electron chi connectivity index (χ4n) is 3.62. The molecule has 0 radical (unpaired) electrons. The average Bonchev–Trinajstić information content (AvgIpc) is 3.01. The van der Waals surface area contributed by atoms with Gasteiger partial charge in [-0.2, -0.15) is 0 Å². The molecule has 1 aliphatic rings. The Labute approximate surface area is 194 Å². The summed E-state index contributed by atoms with van der Waals surface area (Å²) >= 11 is 0. The molecule has 0 bridgehead atoms. The standard InChI is InChI=1S/C24H29N3O5S/c1-4-17(2)25-23(29)18(3)26(16-19-10-6-5-7-11-19)22(28)14-15-27-24(30)20-12-8-9-13-21(20)33(27,31)32/h5-13,17-18H,4,14-16H2,1-3H3,(H,25,29)/t17-,18+/m0/s1. The maximum absolute atomic E-state index is 13.2. The van der Waals surface area contributed by atoms with Crippen molar-refractivity contribution in [1.29, 1.82) is 0 Å². The van der Waals surface area contributed by atoms with Gasteiger partial charge in [-0.25, -0.2) is 12.7 Å². The van der Waals surface area contributed by atoms with Gasteiger partial charge in [-0.05, 0) is 38.0 Å². The molecule has 0 fully saturated rings. The van der Waals surface area contributed by atoms with Crippen LogP contribution in [0.4, 0.5) is 0 Å². The van der Waals surface area contributed by atoms with Crippen molar-refractivity contribution in [3.63, 3.8) is 0 Å². The Kier molecular flexibility index (Phi) is 7.53. The minimum Gasteiger partial charge on any atom is -0.352 e. The predicted octanol–water partition coefficient (Wildman–Crippen LogP) is 2.55. The van der Waals surface area contributed by atoms with E-state index >= 15 is 0 Å². The Morgan fingerprint density at radius 2 is 1.67 bits per heavy atom. The second-order valence-corrected chi connectivity index (χ2v) is 9.96. The molecule has 3 amide bonds. The van der Waals surface area contributed by atoms with Gasteiger partial charge >= 0.3 is 0 Å². The largest absolute Gasteiger partial charge is 0.352 e. The summed E-state index contributed by atoms with van der Waals surface area (Å²) in [5.74, 6) is -1.34. The zero-order valence-corrected chi connectivity index (χ0v) is 19.8. The van der Waals surface area contributed by atoms with Crippen LogP contribution in [0.1, 0.15) is 49.5 Å². The number of amides is 3. The van der Waals surface area contributed by atoms with Gasteiger partial charge in [0.2, 0.25) is 11.8 Å². The lowest BCUT2D eigenvalue weighted by molar-refractivity contribution is -0.140. The fraction of sp³-hybridized carbons (Fsp3) is 0.375. The molecule has 0 unspecified atom stereocenters. The van der Waals surface area contributed by atoms with E-state index in [2.05, 4.69) is 5.32 Å². The minimum absolute atomic E-state index is 0.0421. The smallest absolute Gasteiger partial charge is 0.269 e. The van der Waals surface area contributed by atoms with Crippen molar-refractivity contribution in [2.45, 2.75) is 57.1 Å². The van der Waals surface area contributed by atoms with Gasteiger partial charge in [-0.3, -0.25) is 14.4 Å². The highest BCUT2D eigenvalue weighted by atomic mass is 32.2. The summed E-state index contributed by atoms with van der Waals surface area (Å²) in [6.45, 7) is 5.38. The summed E-state index contributed by atoms with van der Waals surface area (Å²) in [7, 11) is -4.00. The van der Waals surface area contributed by atoms with Gasteiger partial charge in [0, 0.05) is 25.6 Å². The van der Waals surface area contributed by atoms with Crippen LogP contribution in [0.2, 0.25) is 0 Å². The Bertz CT molecular complexity index is 1130. The molecular formula is C24H29N3O5S. The van der Waals surface area contributed by atoms with E-state index in [1.807, 2.05) is 44.2 Å². The van der Waals surface area contributed by atoms with Crippen molar-refractivity contribution in [1.82, 2.24) is 14.5 Å². The SMILES string of the molecule is CC[C@H](C)NC(=O)[C@@H](C)N(Cc1ccccc1)C(=O)CCN1C(=O)c2ccccc2S1(=O)=O. The zero-order chi connectivity index (χ0) is 24.2. The Morgan fingerprint density at radius 3 is 2.30 bits per heavy atom. The predicted molar refractivity (Wildman–Crippen MR) is 124 cm³/mol. The third kappa shape index (κ3) is 5.24. The first-order valence-corrected chi connectivity index (χ1v) is 12.4. The van der Waals surface area contributed by atoms with Crippen LogP contribution in [0.15, 0.2) is 59.5 Å². The molecule has 1 N–H and O–H groups in total. The summed E-state index contributed by atoms with van der Waals surface area (Å²) in [4.78, 5) is 40.0. The summed E-state index contributed by atoms with van der Waals surface area (Å²) < 4.78 is 26.3. The number of benzene rings is 2. The van der Waals surface area contributed by atoms with Crippen LogP contribution in [-0.2, 0) is 26.2 Å². The van der Waals surface area contributed by atoms with Crippen LogP contribution in [0.25, 0.3) is 0 Å². The molecule has 2 atom stereocenters. The summed E-state index contributed by atoms with van der Waals surface area (Å²) in [5.41, 5.74) is 0.943. The molecule has 0 aromatic heterocycles. The summed E-state index contributed by atoms with van der Waals surface area (Å²) in [6, 6.07) is 14.4.